The number of hydrogen-bond acceptors (Lipinski definition) is 5. The van der Waals surface area contributed by atoms with Crippen LogP contribution >= 0.6 is 0 Å². The maximum Gasteiger partial charge on any atom is 0.181 e. The van der Waals surface area contributed by atoms with Crippen LogP contribution in [0.3, 0.4) is 0 Å². The molecule has 0 bridgehead atoms. The van der Waals surface area contributed by atoms with E-state index in [-0.39, 0.29) is 12.1 Å². The molecule has 3 heterocycles. The minimum atomic E-state index is 0.161. The van der Waals surface area contributed by atoms with Gasteiger partial charge in [-0.3, -0.25) is 4.57 Å². The molecule has 0 unspecified atom stereocenters. The molecule has 0 spiro atoms. The highest BCUT2D eigenvalue weighted by atomic mass is 16.5. The van der Waals surface area contributed by atoms with Crippen molar-refractivity contribution in [1.82, 2.24) is 24.4 Å². The number of nitrogens with zero attached hydrogens (tertiary/aromatic N) is 4. The van der Waals surface area contributed by atoms with Crippen molar-refractivity contribution in [3.8, 4) is 23.1 Å². The first-order valence-corrected chi connectivity index (χ1v) is 8.76. The third-order valence-corrected chi connectivity index (χ3v) is 4.91. The van der Waals surface area contributed by atoms with Gasteiger partial charge in [-0.05, 0) is 37.2 Å². The van der Waals surface area contributed by atoms with Gasteiger partial charge < -0.3 is 19.4 Å². The van der Waals surface area contributed by atoms with Crippen LogP contribution in [0, 0.1) is 0 Å². The second kappa shape index (κ2) is 7.31. The van der Waals surface area contributed by atoms with Gasteiger partial charge in [0.2, 0.25) is 0 Å². The van der Waals surface area contributed by atoms with Crippen LogP contribution in [0.1, 0.15) is 12.5 Å². The van der Waals surface area contributed by atoms with E-state index in [0.717, 1.165) is 42.6 Å². The van der Waals surface area contributed by atoms with Gasteiger partial charge in [0.05, 0.1) is 19.3 Å². The van der Waals surface area contributed by atoms with Crippen molar-refractivity contribution in [2.75, 3.05) is 27.3 Å². The Hall–Kier alpha value is -2.64. The lowest BCUT2D eigenvalue weighted by atomic mass is 10.0. The molecule has 136 valence electrons. The van der Waals surface area contributed by atoms with E-state index in [0.29, 0.717) is 0 Å². The van der Waals surface area contributed by atoms with E-state index in [1.807, 2.05) is 47.4 Å². The van der Waals surface area contributed by atoms with Gasteiger partial charge in [0, 0.05) is 44.1 Å². The maximum atomic E-state index is 5.71. The van der Waals surface area contributed by atoms with E-state index < -0.39 is 0 Å². The summed E-state index contributed by atoms with van der Waals surface area (Å²) in [5, 5.41) is 3.45. The summed E-state index contributed by atoms with van der Waals surface area (Å²) in [6, 6.07) is 8.09. The minimum absolute atomic E-state index is 0.161. The van der Waals surface area contributed by atoms with Crippen molar-refractivity contribution >= 4 is 0 Å². The number of methoxy groups -OCH3 is 2. The first-order chi connectivity index (χ1) is 12.8. The smallest absolute Gasteiger partial charge is 0.181 e. The molecule has 1 N–H and O–H groups in total. The Bertz CT molecular complexity index is 855. The van der Waals surface area contributed by atoms with Crippen LogP contribution in [0.4, 0.5) is 0 Å². The fraction of sp³-hybridized carbons (Fsp3) is 0.368. The highest BCUT2D eigenvalue weighted by molar-refractivity contribution is 5.52. The van der Waals surface area contributed by atoms with E-state index in [2.05, 4.69) is 19.9 Å². The number of imidazole rings is 2. The molecule has 7 nitrogen and oxygen atoms in total. The van der Waals surface area contributed by atoms with E-state index >= 15 is 0 Å². The summed E-state index contributed by atoms with van der Waals surface area (Å²) in [5.41, 5.74) is 1.01. The lowest BCUT2D eigenvalue weighted by Gasteiger charge is -2.32. The normalized spacial score (nSPS) is 20.2. The van der Waals surface area contributed by atoms with Crippen molar-refractivity contribution in [2.24, 2.45) is 0 Å². The van der Waals surface area contributed by atoms with Crippen LogP contribution in [-0.4, -0.2) is 52.5 Å². The molecule has 1 saturated heterocycles. The lowest BCUT2D eigenvalue weighted by Crippen LogP contribution is -2.42. The van der Waals surface area contributed by atoms with E-state index in [1.54, 1.807) is 20.4 Å². The maximum absolute atomic E-state index is 5.71. The number of hydrogen-bond donors (Lipinski definition) is 1. The van der Waals surface area contributed by atoms with Gasteiger partial charge in [0.15, 0.2) is 11.6 Å². The van der Waals surface area contributed by atoms with Crippen LogP contribution in [-0.2, 0) is 4.74 Å². The lowest BCUT2D eigenvalue weighted by molar-refractivity contribution is 0.0364. The molecule has 1 aliphatic heterocycles. The molecular weight excluding hydrogens is 330 g/mol. The Labute approximate surface area is 152 Å². The summed E-state index contributed by atoms with van der Waals surface area (Å²) >= 11 is 0. The van der Waals surface area contributed by atoms with Crippen LogP contribution in [0.5, 0.6) is 5.75 Å². The quantitative estimate of drug-likeness (QED) is 0.762. The van der Waals surface area contributed by atoms with Gasteiger partial charge in [-0.2, -0.15) is 0 Å². The fourth-order valence-corrected chi connectivity index (χ4v) is 3.54. The predicted molar refractivity (Wildman–Crippen MR) is 98.7 cm³/mol. The number of rotatable bonds is 5. The Morgan fingerprint density at radius 2 is 1.81 bits per heavy atom. The highest BCUT2D eigenvalue weighted by Gasteiger charge is 2.29. The molecule has 4 rings (SSSR count). The Morgan fingerprint density at radius 3 is 2.58 bits per heavy atom. The molecule has 1 aromatic carbocycles. The molecule has 1 fully saturated rings. The molecule has 2 aromatic heterocycles. The molecule has 0 aliphatic carbocycles. The third-order valence-electron chi connectivity index (χ3n) is 4.91. The zero-order chi connectivity index (χ0) is 17.9. The molecule has 1 aliphatic rings. The standard InChI is InChI=1S/C19H23N5O2/c1-25-15-5-3-14(4-6-15)23-11-9-21-18(23)19-22-10-12-24(19)16-13-20-8-7-17(16)26-2/h3-6,9-12,16-17,20H,7-8,13H2,1-2H3/t16-,17+/m1/s1. The van der Waals surface area contributed by atoms with Crippen molar-refractivity contribution in [2.45, 2.75) is 18.6 Å². The molecular formula is C19H23N5O2. The average Bonchev–Trinajstić information content (AvgIpc) is 3.37. The van der Waals surface area contributed by atoms with Crippen LogP contribution in [0.2, 0.25) is 0 Å². The zero-order valence-electron chi connectivity index (χ0n) is 15.0. The molecule has 0 radical (unpaired) electrons. The van der Waals surface area contributed by atoms with Gasteiger partial charge >= 0.3 is 0 Å². The topological polar surface area (TPSA) is 66.1 Å². The second-order valence-electron chi connectivity index (χ2n) is 6.31. The largest absolute Gasteiger partial charge is 0.497 e. The number of piperidine rings is 1. The SMILES string of the molecule is COc1ccc(-n2ccnc2-c2nccn2[C@@H]2CNCC[C@@H]2OC)cc1. The summed E-state index contributed by atoms with van der Waals surface area (Å²) in [4.78, 5) is 9.17. The van der Waals surface area contributed by atoms with Crippen molar-refractivity contribution in [3.05, 3.63) is 49.1 Å². The molecule has 26 heavy (non-hydrogen) atoms. The van der Waals surface area contributed by atoms with Crippen LogP contribution in [0.25, 0.3) is 17.3 Å². The Kier molecular flexibility index (Phi) is 4.73. The molecule has 3 aromatic rings. The highest BCUT2D eigenvalue weighted by Crippen LogP contribution is 2.27. The first-order valence-electron chi connectivity index (χ1n) is 8.76. The van der Waals surface area contributed by atoms with Crippen molar-refractivity contribution in [3.63, 3.8) is 0 Å². The van der Waals surface area contributed by atoms with Crippen molar-refractivity contribution < 1.29 is 9.47 Å². The van der Waals surface area contributed by atoms with Crippen molar-refractivity contribution in [1.29, 1.82) is 0 Å². The number of ether oxygens (including phenoxy) is 2. The number of aromatic nitrogens is 4. The zero-order valence-corrected chi connectivity index (χ0v) is 15.0. The fourth-order valence-electron chi connectivity index (χ4n) is 3.54. The molecule has 7 heteroatoms. The van der Waals surface area contributed by atoms with E-state index in [9.17, 15) is 0 Å². The van der Waals surface area contributed by atoms with Gasteiger partial charge in [-0.25, -0.2) is 9.97 Å². The first kappa shape index (κ1) is 16.8. The number of nitrogens with one attached hydrogen (secondary N) is 1. The van der Waals surface area contributed by atoms with E-state index in [4.69, 9.17) is 9.47 Å². The monoisotopic (exact) mass is 353 g/mol. The van der Waals surface area contributed by atoms with Gasteiger partial charge in [0.1, 0.15) is 5.75 Å². The Morgan fingerprint density at radius 1 is 1.04 bits per heavy atom. The average molecular weight is 353 g/mol. The van der Waals surface area contributed by atoms with E-state index in [1.165, 1.54) is 0 Å². The molecule has 0 amide bonds. The third kappa shape index (κ3) is 3.00. The summed E-state index contributed by atoms with van der Waals surface area (Å²) in [6.45, 7) is 1.82. The minimum Gasteiger partial charge on any atom is -0.497 e. The summed E-state index contributed by atoms with van der Waals surface area (Å²) in [6.07, 6.45) is 8.71. The van der Waals surface area contributed by atoms with Crippen LogP contribution < -0.4 is 10.1 Å². The number of benzene rings is 1. The van der Waals surface area contributed by atoms with Gasteiger partial charge in [-0.1, -0.05) is 0 Å². The molecule has 2 atom stereocenters. The van der Waals surface area contributed by atoms with Gasteiger partial charge in [0.25, 0.3) is 0 Å². The van der Waals surface area contributed by atoms with Crippen LogP contribution in [0.15, 0.2) is 49.1 Å². The molecule has 0 saturated carbocycles. The Balaban J connectivity index is 1.72. The summed E-state index contributed by atoms with van der Waals surface area (Å²) in [7, 11) is 3.44. The summed E-state index contributed by atoms with van der Waals surface area (Å²) < 4.78 is 15.2. The summed E-state index contributed by atoms with van der Waals surface area (Å²) in [5.74, 6) is 2.47. The van der Waals surface area contributed by atoms with Gasteiger partial charge in [-0.15, -0.1) is 0 Å². The predicted octanol–water partition coefficient (Wildman–Crippen LogP) is 2.29. The second-order valence-corrected chi connectivity index (χ2v) is 6.31.